The summed E-state index contributed by atoms with van der Waals surface area (Å²) in [6.45, 7) is 0. The summed E-state index contributed by atoms with van der Waals surface area (Å²) in [5.41, 5.74) is 0.509. The molecular weight excluding hydrogens is 309 g/mol. The van der Waals surface area contributed by atoms with Crippen LogP contribution in [0.15, 0.2) is 34.9 Å². The van der Waals surface area contributed by atoms with Gasteiger partial charge in [0.2, 0.25) is 0 Å². The minimum Gasteiger partial charge on any atom is -0.327 e. The maximum Gasteiger partial charge on any atom is 0.146 e. The summed E-state index contributed by atoms with van der Waals surface area (Å²) < 4.78 is 14.5. The van der Waals surface area contributed by atoms with E-state index >= 15 is 0 Å². The Morgan fingerprint density at radius 3 is 2.68 bits per heavy atom. The first-order chi connectivity index (χ1) is 9.15. The van der Waals surface area contributed by atoms with Crippen LogP contribution in [0.5, 0.6) is 0 Å². The smallest absolute Gasteiger partial charge is 0.146 e. The zero-order valence-corrected chi connectivity index (χ0v) is 12.1. The van der Waals surface area contributed by atoms with Crippen molar-refractivity contribution in [2.24, 2.45) is 0 Å². The van der Waals surface area contributed by atoms with Gasteiger partial charge in [-0.1, -0.05) is 12.1 Å². The molecule has 0 aliphatic heterocycles. The van der Waals surface area contributed by atoms with Gasteiger partial charge in [-0.15, -0.1) is 0 Å². The van der Waals surface area contributed by atoms with Crippen molar-refractivity contribution >= 4 is 27.4 Å². The maximum absolute atomic E-state index is 13.8. The van der Waals surface area contributed by atoms with Gasteiger partial charge in [0.25, 0.3) is 0 Å². The highest BCUT2D eigenvalue weighted by molar-refractivity contribution is 9.10. The predicted octanol–water partition coefficient (Wildman–Crippen LogP) is 4.02. The van der Waals surface area contributed by atoms with E-state index in [9.17, 15) is 4.39 Å². The van der Waals surface area contributed by atoms with E-state index in [1.54, 1.807) is 23.1 Å². The molecular formula is C14H13BrFN3. The number of aromatic nitrogens is 2. The fourth-order valence-corrected chi connectivity index (χ4v) is 2.35. The molecule has 3 nitrogen and oxygen atoms in total. The van der Waals surface area contributed by atoms with Gasteiger partial charge in [-0.3, -0.25) is 0 Å². The van der Waals surface area contributed by atoms with E-state index in [-0.39, 0.29) is 5.82 Å². The van der Waals surface area contributed by atoms with Crippen LogP contribution in [0.4, 0.5) is 15.9 Å². The van der Waals surface area contributed by atoms with Crippen molar-refractivity contribution in [1.29, 1.82) is 0 Å². The molecule has 1 aromatic heterocycles. The summed E-state index contributed by atoms with van der Waals surface area (Å²) in [5.74, 6) is 1.75. The average Bonchev–Trinajstić information content (AvgIpc) is 3.22. The summed E-state index contributed by atoms with van der Waals surface area (Å²) in [7, 11) is 1.81. The van der Waals surface area contributed by atoms with E-state index in [0.717, 1.165) is 23.3 Å². The Morgan fingerprint density at radius 2 is 2.00 bits per heavy atom. The molecule has 0 saturated heterocycles. The Morgan fingerprint density at radius 1 is 1.26 bits per heavy atom. The molecule has 1 fully saturated rings. The fraction of sp³-hybridized carbons (Fsp3) is 0.286. The first-order valence-corrected chi connectivity index (χ1v) is 6.97. The molecule has 1 aromatic carbocycles. The summed E-state index contributed by atoms with van der Waals surface area (Å²) >= 11 is 3.40. The Balaban J connectivity index is 1.99. The van der Waals surface area contributed by atoms with Crippen molar-refractivity contribution in [3.8, 4) is 0 Å². The van der Waals surface area contributed by atoms with E-state index in [2.05, 4.69) is 25.9 Å². The molecule has 0 atom stereocenters. The highest BCUT2D eigenvalue weighted by Crippen LogP contribution is 2.39. The first-order valence-electron chi connectivity index (χ1n) is 6.18. The zero-order valence-electron chi connectivity index (χ0n) is 10.5. The van der Waals surface area contributed by atoms with E-state index in [0.29, 0.717) is 17.4 Å². The highest BCUT2D eigenvalue weighted by atomic mass is 79.9. The van der Waals surface area contributed by atoms with Crippen molar-refractivity contribution in [2.45, 2.75) is 18.8 Å². The second-order valence-corrected chi connectivity index (χ2v) is 5.50. The number of anilines is 2. The minimum atomic E-state index is -0.257. The number of hydrogen-bond donors (Lipinski definition) is 0. The molecule has 0 radical (unpaired) electrons. The van der Waals surface area contributed by atoms with Crippen molar-refractivity contribution in [1.82, 2.24) is 9.97 Å². The van der Waals surface area contributed by atoms with Gasteiger partial charge in [0.15, 0.2) is 0 Å². The number of nitrogens with zero attached hydrogens (tertiary/aromatic N) is 3. The monoisotopic (exact) mass is 321 g/mol. The number of hydrogen-bond acceptors (Lipinski definition) is 3. The molecule has 0 N–H and O–H groups in total. The lowest BCUT2D eigenvalue weighted by Crippen LogP contribution is -2.14. The molecule has 19 heavy (non-hydrogen) atoms. The van der Waals surface area contributed by atoms with Crippen molar-refractivity contribution < 1.29 is 4.39 Å². The Bertz CT molecular complexity index is 613. The van der Waals surface area contributed by atoms with Crippen LogP contribution in [0.25, 0.3) is 0 Å². The van der Waals surface area contributed by atoms with Gasteiger partial charge < -0.3 is 4.90 Å². The number of benzene rings is 1. The molecule has 0 unspecified atom stereocenters. The lowest BCUT2D eigenvalue weighted by molar-refractivity contribution is 0.627. The summed E-state index contributed by atoms with van der Waals surface area (Å²) in [4.78, 5) is 10.7. The second kappa shape index (κ2) is 4.89. The average molecular weight is 322 g/mol. The number of halogens is 2. The van der Waals surface area contributed by atoms with Gasteiger partial charge in [0.05, 0.1) is 5.69 Å². The van der Waals surface area contributed by atoms with Crippen LogP contribution in [0, 0.1) is 5.82 Å². The third kappa shape index (κ3) is 2.61. The van der Waals surface area contributed by atoms with Crippen LogP contribution in [-0.4, -0.2) is 17.0 Å². The van der Waals surface area contributed by atoms with Crippen LogP contribution >= 0.6 is 15.9 Å². The van der Waals surface area contributed by atoms with Gasteiger partial charge >= 0.3 is 0 Å². The lowest BCUT2D eigenvalue weighted by Gasteiger charge is -2.19. The van der Waals surface area contributed by atoms with E-state index in [1.807, 2.05) is 13.1 Å². The van der Waals surface area contributed by atoms with Gasteiger partial charge in [-0.25, -0.2) is 14.4 Å². The predicted molar refractivity (Wildman–Crippen MR) is 76.2 cm³/mol. The molecule has 1 aliphatic rings. The SMILES string of the molecule is CN(c1cc(Br)nc(C2CC2)n1)c1ccccc1F. The van der Waals surface area contributed by atoms with Crippen LogP contribution in [0.3, 0.4) is 0 Å². The fourth-order valence-electron chi connectivity index (χ4n) is 1.97. The van der Waals surface area contributed by atoms with Crippen LogP contribution in [0.2, 0.25) is 0 Å². The normalized spacial score (nSPS) is 14.5. The quantitative estimate of drug-likeness (QED) is 0.799. The number of rotatable bonds is 3. The summed E-state index contributed by atoms with van der Waals surface area (Å²) in [6.07, 6.45) is 2.28. The lowest BCUT2D eigenvalue weighted by atomic mass is 10.3. The molecule has 1 saturated carbocycles. The molecule has 1 heterocycles. The van der Waals surface area contributed by atoms with Gasteiger partial charge in [0.1, 0.15) is 22.1 Å². The standard InChI is InChI=1S/C14H13BrFN3/c1-19(11-5-3-2-4-10(11)16)13-8-12(15)17-14(18-13)9-6-7-9/h2-5,8-9H,6-7H2,1H3. The van der Waals surface area contributed by atoms with Crippen LogP contribution < -0.4 is 4.90 Å². The molecule has 3 rings (SSSR count). The molecule has 2 aromatic rings. The van der Waals surface area contributed by atoms with E-state index in [1.165, 1.54) is 6.07 Å². The van der Waals surface area contributed by atoms with Gasteiger partial charge in [0, 0.05) is 19.0 Å². The van der Waals surface area contributed by atoms with Crippen molar-refractivity contribution in [3.63, 3.8) is 0 Å². The van der Waals surface area contributed by atoms with Crippen molar-refractivity contribution in [3.05, 3.63) is 46.6 Å². The molecule has 0 spiro atoms. The van der Waals surface area contributed by atoms with Crippen LogP contribution in [-0.2, 0) is 0 Å². The third-order valence-electron chi connectivity index (χ3n) is 3.20. The first kappa shape index (κ1) is 12.5. The summed E-state index contributed by atoms with van der Waals surface area (Å²) in [5, 5.41) is 0. The van der Waals surface area contributed by atoms with E-state index < -0.39 is 0 Å². The molecule has 0 amide bonds. The largest absolute Gasteiger partial charge is 0.327 e. The van der Waals surface area contributed by atoms with Gasteiger partial charge in [-0.2, -0.15) is 0 Å². The summed E-state index contributed by atoms with van der Waals surface area (Å²) in [6, 6.07) is 8.48. The van der Waals surface area contributed by atoms with Crippen molar-refractivity contribution in [2.75, 3.05) is 11.9 Å². The maximum atomic E-state index is 13.8. The van der Waals surface area contributed by atoms with Gasteiger partial charge in [-0.05, 0) is 40.9 Å². The molecule has 0 bridgehead atoms. The van der Waals surface area contributed by atoms with Crippen LogP contribution in [0.1, 0.15) is 24.6 Å². The van der Waals surface area contributed by atoms with E-state index in [4.69, 9.17) is 0 Å². The Kier molecular flexibility index (Phi) is 3.22. The third-order valence-corrected chi connectivity index (χ3v) is 3.60. The Labute approximate surface area is 119 Å². The second-order valence-electron chi connectivity index (χ2n) is 4.69. The molecule has 1 aliphatic carbocycles. The Hall–Kier alpha value is -1.49. The highest BCUT2D eigenvalue weighted by Gasteiger charge is 2.27. The number of para-hydroxylation sites is 1. The minimum absolute atomic E-state index is 0.257. The zero-order chi connectivity index (χ0) is 13.4. The molecule has 5 heteroatoms. The molecule has 98 valence electrons. The topological polar surface area (TPSA) is 29.0 Å².